The summed E-state index contributed by atoms with van der Waals surface area (Å²) in [7, 11) is 5.14. The van der Waals surface area contributed by atoms with Crippen LogP contribution in [0.25, 0.3) is 10.9 Å². The molecule has 0 bridgehead atoms. The molecule has 3 N–H and O–H groups in total. The monoisotopic (exact) mass is 508 g/mol. The molecule has 0 atom stereocenters. The average Bonchev–Trinajstić information content (AvgIpc) is 3.15. The summed E-state index contributed by atoms with van der Waals surface area (Å²) in [4.78, 5) is 7.62. The highest BCUT2D eigenvalue weighted by Crippen LogP contribution is 2.24. The van der Waals surface area contributed by atoms with Crippen molar-refractivity contribution in [3.63, 3.8) is 0 Å². The first-order chi connectivity index (χ1) is 13.7. The minimum Gasteiger partial charge on any atom is -0.497 e. The Hall–Kier alpha value is -2.42. The van der Waals surface area contributed by atoms with Crippen molar-refractivity contribution in [3.8, 4) is 11.5 Å². The van der Waals surface area contributed by atoms with Gasteiger partial charge in [0.25, 0.3) is 0 Å². The summed E-state index contributed by atoms with van der Waals surface area (Å²) >= 11 is 0. The molecule has 1 heterocycles. The van der Waals surface area contributed by atoms with E-state index in [-0.39, 0.29) is 24.0 Å². The summed E-state index contributed by atoms with van der Waals surface area (Å²) < 4.78 is 10.7. The molecule has 0 aliphatic heterocycles. The van der Waals surface area contributed by atoms with Gasteiger partial charge in [-0.3, -0.25) is 4.99 Å². The smallest absolute Gasteiger partial charge is 0.190 e. The molecule has 0 radical (unpaired) electrons. The van der Waals surface area contributed by atoms with E-state index in [1.165, 1.54) is 16.5 Å². The second-order valence-electron chi connectivity index (χ2n) is 6.46. The summed E-state index contributed by atoms with van der Waals surface area (Å²) in [5.41, 5.74) is 3.58. The lowest BCUT2D eigenvalue weighted by molar-refractivity contribution is 0.398. The van der Waals surface area contributed by atoms with Crippen LogP contribution in [0.2, 0.25) is 0 Å². The molecule has 0 aliphatic rings. The molecule has 156 valence electrons. The van der Waals surface area contributed by atoms with Crippen molar-refractivity contribution in [3.05, 3.63) is 59.8 Å². The topological polar surface area (TPSA) is 70.7 Å². The first-order valence-electron chi connectivity index (χ1n) is 9.45. The van der Waals surface area contributed by atoms with E-state index in [4.69, 9.17) is 9.47 Å². The van der Waals surface area contributed by atoms with Crippen LogP contribution in [0.3, 0.4) is 0 Å². The van der Waals surface area contributed by atoms with Gasteiger partial charge in [-0.2, -0.15) is 0 Å². The molecule has 29 heavy (non-hydrogen) atoms. The Morgan fingerprint density at radius 1 is 0.966 bits per heavy atom. The maximum Gasteiger partial charge on any atom is 0.190 e. The average molecular weight is 508 g/mol. The van der Waals surface area contributed by atoms with Crippen LogP contribution in [0.4, 0.5) is 0 Å². The number of ether oxygens (including phenoxy) is 2. The van der Waals surface area contributed by atoms with Crippen molar-refractivity contribution in [2.45, 2.75) is 12.8 Å². The van der Waals surface area contributed by atoms with Crippen LogP contribution >= 0.6 is 24.0 Å². The van der Waals surface area contributed by atoms with Gasteiger partial charge in [-0.15, -0.1) is 24.0 Å². The molecule has 3 rings (SSSR count). The van der Waals surface area contributed by atoms with E-state index in [0.29, 0.717) is 0 Å². The molecular formula is C22H29IN4O2. The van der Waals surface area contributed by atoms with Crippen LogP contribution in [0.15, 0.2) is 53.7 Å². The molecule has 0 saturated heterocycles. The molecule has 0 fully saturated rings. The lowest BCUT2D eigenvalue weighted by Gasteiger charge is -2.14. The highest BCUT2D eigenvalue weighted by Gasteiger charge is 2.06. The molecule has 0 amide bonds. The van der Waals surface area contributed by atoms with Crippen molar-refractivity contribution < 1.29 is 9.47 Å². The van der Waals surface area contributed by atoms with Gasteiger partial charge in [0.15, 0.2) is 5.96 Å². The van der Waals surface area contributed by atoms with Crippen molar-refractivity contribution in [1.82, 2.24) is 15.6 Å². The number of H-pyrrole nitrogens is 1. The number of nitrogens with zero attached hydrogens (tertiary/aromatic N) is 1. The van der Waals surface area contributed by atoms with E-state index in [0.717, 1.165) is 49.0 Å². The van der Waals surface area contributed by atoms with Crippen molar-refractivity contribution in [2.75, 3.05) is 34.4 Å². The van der Waals surface area contributed by atoms with Crippen molar-refractivity contribution in [1.29, 1.82) is 0 Å². The molecule has 0 saturated carbocycles. The number of hydrogen-bond acceptors (Lipinski definition) is 3. The third-order valence-corrected chi connectivity index (χ3v) is 4.76. The number of hydrogen-bond donors (Lipinski definition) is 3. The fourth-order valence-electron chi connectivity index (χ4n) is 3.27. The number of nitrogens with one attached hydrogen (secondary N) is 3. The summed E-state index contributed by atoms with van der Waals surface area (Å²) in [5.74, 6) is 2.49. The third kappa shape index (κ3) is 6.03. The number of aliphatic imine (C=N–C) groups is 1. The van der Waals surface area contributed by atoms with Gasteiger partial charge in [-0.05, 0) is 48.2 Å². The minimum absolute atomic E-state index is 0. The number of halogens is 1. The zero-order valence-electron chi connectivity index (χ0n) is 17.1. The van der Waals surface area contributed by atoms with Gasteiger partial charge in [0, 0.05) is 37.2 Å². The quantitative estimate of drug-likeness (QED) is 0.246. The molecule has 0 unspecified atom stereocenters. The first kappa shape index (κ1) is 22.9. The Morgan fingerprint density at radius 3 is 2.38 bits per heavy atom. The fourth-order valence-corrected chi connectivity index (χ4v) is 3.27. The first-order valence-corrected chi connectivity index (χ1v) is 9.45. The summed E-state index contributed by atoms with van der Waals surface area (Å²) in [6.07, 6.45) is 3.82. The normalized spacial score (nSPS) is 11.1. The molecule has 2 aromatic carbocycles. The number of para-hydroxylation sites is 1. The van der Waals surface area contributed by atoms with Gasteiger partial charge in [-0.1, -0.05) is 18.2 Å². The molecule has 0 spiro atoms. The standard InChI is InChI=1S/C22H28N4O2.HI/c1-23-22(24-12-10-16-14-18(27-2)8-9-21(16)28-3)25-13-11-17-15-26-20-7-5-4-6-19(17)20;/h4-9,14-15,26H,10-13H2,1-3H3,(H2,23,24,25);1H. The van der Waals surface area contributed by atoms with E-state index in [2.05, 4.69) is 45.0 Å². The van der Waals surface area contributed by atoms with Gasteiger partial charge in [0.1, 0.15) is 11.5 Å². The predicted octanol–water partition coefficient (Wildman–Crippen LogP) is 3.75. The number of methoxy groups -OCH3 is 2. The third-order valence-electron chi connectivity index (χ3n) is 4.76. The van der Waals surface area contributed by atoms with Crippen molar-refractivity contribution in [2.24, 2.45) is 4.99 Å². The van der Waals surface area contributed by atoms with Crippen LogP contribution in [-0.2, 0) is 12.8 Å². The number of benzene rings is 2. The fraction of sp³-hybridized carbons (Fsp3) is 0.318. The molecule has 7 heteroatoms. The highest BCUT2D eigenvalue weighted by molar-refractivity contribution is 14.0. The zero-order chi connectivity index (χ0) is 19.8. The van der Waals surface area contributed by atoms with Gasteiger partial charge in [0.05, 0.1) is 14.2 Å². The van der Waals surface area contributed by atoms with Crippen LogP contribution < -0.4 is 20.1 Å². The van der Waals surface area contributed by atoms with E-state index in [9.17, 15) is 0 Å². The molecular weight excluding hydrogens is 479 g/mol. The number of guanidine groups is 1. The Labute approximate surface area is 189 Å². The summed E-state index contributed by atoms with van der Waals surface area (Å²) in [6.45, 7) is 1.56. The van der Waals surface area contributed by atoms with E-state index >= 15 is 0 Å². The second-order valence-corrected chi connectivity index (χ2v) is 6.46. The summed E-state index contributed by atoms with van der Waals surface area (Å²) in [6, 6.07) is 14.2. The van der Waals surface area contributed by atoms with Crippen LogP contribution in [0.1, 0.15) is 11.1 Å². The molecule has 0 aliphatic carbocycles. The highest BCUT2D eigenvalue weighted by atomic mass is 127. The maximum atomic E-state index is 5.44. The SMILES string of the molecule is CN=C(NCCc1cc(OC)ccc1OC)NCCc1c[nH]c2ccccc12.I. The Morgan fingerprint density at radius 2 is 1.69 bits per heavy atom. The summed E-state index contributed by atoms with van der Waals surface area (Å²) in [5, 5.41) is 8.01. The van der Waals surface area contributed by atoms with E-state index < -0.39 is 0 Å². The lowest BCUT2D eigenvalue weighted by Crippen LogP contribution is -2.39. The van der Waals surface area contributed by atoms with E-state index in [1.807, 2.05) is 24.3 Å². The van der Waals surface area contributed by atoms with Crippen LogP contribution in [-0.4, -0.2) is 45.3 Å². The number of fused-ring (bicyclic) bond motifs is 1. The Bertz CT molecular complexity index is 939. The lowest BCUT2D eigenvalue weighted by atomic mass is 10.1. The Kier molecular flexibility index (Phi) is 9.11. The van der Waals surface area contributed by atoms with Crippen LogP contribution in [0.5, 0.6) is 11.5 Å². The molecule has 1 aromatic heterocycles. The van der Waals surface area contributed by atoms with Gasteiger partial charge >= 0.3 is 0 Å². The second kappa shape index (κ2) is 11.5. The molecule has 6 nitrogen and oxygen atoms in total. The Balaban J connectivity index is 0.00000300. The van der Waals surface area contributed by atoms with Crippen molar-refractivity contribution >= 4 is 40.8 Å². The predicted molar refractivity (Wildman–Crippen MR) is 130 cm³/mol. The molecule has 3 aromatic rings. The largest absolute Gasteiger partial charge is 0.497 e. The van der Waals surface area contributed by atoms with Gasteiger partial charge in [-0.25, -0.2) is 0 Å². The number of rotatable bonds is 8. The van der Waals surface area contributed by atoms with E-state index in [1.54, 1.807) is 21.3 Å². The minimum atomic E-state index is 0. The van der Waals surface area contributed by atoms with Gasteiger partial charge in [0.2, 0.25) is 0 Å². The number of aromatic nitrogens is 1. The zero-order valence-corrected chi connectivity index (χ0v) is 19.4. The maximum absolute atomic E-state index is 5.44. The van der Waals surface area contributed by atoms with Gasteiger partial charge < -0.3 is 25.1 Å². The van der Waals surface area contributed by atoms with Crippen LogP contribution in [0, 0.1) is 0 Å². The number of aromatic amines is 1.